The summed E-state index contributed by atoms with van der Waals surface area (Å²) in [6.07, 6.45) is 2.17. The SMILES string of the molecule is CCCc1ccc(OCc2ccccc2C(C#N)=NO)cc1. The first-order valence-corrected chi connectivity index (χ1v) is 7.20. The summed E-state index contributed by atoms with van der Waals surface area (Å²) >= 11 is 0. The molecule has 22 heavy (non-hydrogen) atoms. The molecule has 0 aliphatic rings. The van der Waals surface area contributed by atoms with E-state index in [1.807, 2.05) is 30.3 Å². The topological polar surface area (TPSA) is 65.6 Å². The van der Waals surface area contributed by atoms with Gasteiger partial charge in [0.2, 0.25) is 0 Å². The largest absolute Gasteiger partial charge is 0.489 e. The molecule has 0 unspecified atom stereocenters. The highest BCUT2D eigenvalue weighted by Gasteiger charge is 2.09. The number of hydrogen-bond donors (Lipinski definition) is 1. The van der Waals surface area contributed by atoms with E-state index in [-0.39, 0.29) is 5.71 Å². The average molecular weight is 294 g/mol. The summed E-state index contributed by atoms with van der Waals surface area (Å²) in [5.74, 6) is 0.772. The van der Waals surface area contributed by atoms with Crippen molar-refractivity contribution in [3.05, 3.63) is 65.2 Å². The lowest BCUT2D eigenvalue weighted by Gasteiger charge is -2.10. The lowest BCUT2D eigenvalue weighted by Crippen LogP contribution is -2.05. The standard InChI is InChI=1S/C18H18N2O2/c1-2-5-14-8-10-16(11-9-14)22-13-15-6-3-4-7-17(15)18(12-19)20-21/h3-4,6-11,21H,2,5,13H2,1H3. The number of hydrogen-bond acceptors (Lipinski definition) is 4. The zero-order valence-electron chi connectivity index (χ0n) is 12.5. The molecule has 4 nitrogen and oxygen atoms in total. The van der Waals surface area contributed by atoms with Gasteiger partial charge >= 0.3 is 0 Å². The highest BCUT2D eigenvalue weighted by Crippen LogP contribution is 2.17. The Morgan fingerprint density at radius 1 is 1.18 bits per heavy atom. The van der Waals surface area contributed by atoms with Gasteiger partial charge in [0, 0.05) is 5.56 Å². The normalized spacial score (nSPS) is 11.0. The van der Waals surface area contributed by atoms with Gasteiger partial charge < -0.3 is 9.94 Å². The zero-order chi connectivity index (χ0) is 15.8. The van der Waals surface area contributed by atoms with Crippen LogP contribution < -0.4 is 4.74 Å². The molecule has 0 aliphatic carbocycles. The lowest BCUT2D eigenvalue weighted by molar-refractivity contribution is 0.305. The van der Waals surface area contributed by atoms with Crippen molar-refractivity contribution >= 4 is 5.71 Å². The maximum atomic E-state index is 8.99. The molecule has 0 amide bonds. The molecule has 0 aliphatic heterocycles. The summed E-state index contributed by atoms with van der Waals surface area (Å²) in [6, 6.07) is 17.1. The van der Waals surface area contributed by atoms with Crippen LogP contribution in [-0.4, -0.2) is 10.9 Å². The fourth-order valence-corrected chi connectivity index (χ4v) is 2.22. The Hall–Kier alpha value is -2.80. The van der Waals surface area contributed by atoms with Crippen molar-refractivity contribution in [1.82, 2.24) is 0 Å². The highest BCUT2D eigenvalue weighted by atomic mass is 16.5. The van der Waals surface area contributed by atoms with Crippen LogP contribution in [0, 0.1) is 11.3 Å². The third-order valence-electron chi connectivity index (χ3n) is 3.33. The molecule has 2 aromatic carbocycles. The zero-order valence-corrected chi connectivity index (χ0v) is 12.5. The van der Waals surface area contributed by atoms with Gasteiger partial charge in [-0.15, -0.1) is 0 Å². The number of nitriles is 1. The number of benzene rings is 2. The maximum Gasteiger partial charge on any atom is 0.187 e. The molecule has 0 bridgehead atoms. The van der Waals surface area contributed by atoms with Crippen molar-refractivity contribution in [3.8, 4) is 11.8 Å². The predicted octanol–water partition coefficient (Wildman–Crippen LogP) is 3.92. The number of nitrogens with zero attached hydrogens (tertiary/aromatic N) is 2. The number of rotatable bonds is 6. The Balaban J connectivity index is 2.10. The summed E-state index contributed by atoms with van der Waals surface area (Å²) in [4.78, 5) is 0. The van der Waals surface area contributed by atoms with Crippen LogP contribution in [0.15, 0.2) is 53.7 Å². The molecule has 0 heterocycles. The molecule has 0 saturated heterocycles. The van der Waals surface area contributed by atoms with E-state index in [0.717, 1.165) is 24.2 Å². The van der Waals surface area contributed by atoms with Gasteiger partial charge in [0.1, 0.15) is 18.4 Å². The lowest BCUT2D eigenvalue weighted by atomic mass is 10.0. The maximum absolute atomic E-state index is 8.99. The van der Waals surface area contributed by atoms with Crippen LogP contribution in [0.5, 0.6) is 5.75 Å². The Morgan fingerprint density at radius 3 is 2.55 bits per heavy atom. The van der Waals surface area contributed by atoms with Crippen molar-refractivity contribution in [2.24, 2.45) is 5.16 Å². The van der Waals surface area contributed by atoms with Gasteiger partial charge in [0.25, 0.3) is 0 Å². The van der Waals surface area contributed by atoms with Gasteiger partial charge in [-0.1, -0.05) is 54.9 Å². The fourth-order valence-electron chi connectivity index (χ4n) is 2.22. The summed E-state index contributed by atoms with van der Waals surface area (Å²) in [5.41, 5.74) is 2.65. The molecular weight excluding hydrogens is 276 g/mol. The van der Waals surface area contributed by atoms with Gasteiger partial charge in [0.15, 0.2) is 5.71 Å². The van der Waals surface area contributed by atoms with E-state index < -0.39 is 0 Å². The van der Waals surface area contributed by atoms with Crippen LogP contribution in [0.4, 0.5) is 0 Å². The molecule has 2 aromatic rings. The Kier molecular flexibility index (Phi) is 5.56. The quantitative estimate of drug-likeness (QED) is 0.499. The van der Waals surface area contributed by atoms with Crippen LogP contribution in [-0.2, 0) is 13.0 Å². The van der Waals surface area contributed by atoms with E-state index in [9.17, 15) is 0 Å². The van der Waals surface area contributed by atoms with Crippen LogP contribution in [0.2, 0.25) is 0 Å². The first-order valence-electron chi connectivity index (χ1n) is 7.20. The third kappa shape index (κ3) is 3.86. The van der Waals surface area contributed by atoms with Crippen molar-refractivity contribution in [2.75, 3.05) is 0 Å². The number of ether oxygens (including phenoxy) is 1. The van der Waals surface area contributed by atoms with E-state index in [2.05, 4.69) is 24.2 Å². The molecule has 1 N–H and O–H groups in total. The first kappa shape index (κ1) is 15.6. The molecule has 0 atom stereocenters. The summed E-state index contributed by atoms with van der Waals surface area (Å²) in [5, 5.41) is 20.9. The highest BCUT2D eigenvalue weighted by molar-refractivity contribution is 6.12. The Morgan fingerprint density at radius 2 is 1.91 bits per heavy atom. The summed E-state index contributed by atoms with van der Waals surface area (Å²) < 4.78 is 5.76. The molecule has 0 aromatic heterocycles. The second kappa shape index (κ2) is 7.84. The van der Waals surface area contributed by atoms with E-state index >= 15 is 0 Å². The first-order chi connectivity index (χ1) is 10.8. The molecule has 2 rings (SSSR count). The minimum atomic E-state index is -0.0162. The summed E-state index contributed by atoms with van der Waals surface area (Å²) in [6.45, 7) is 2.46. The molecule has 4 heteroatoms. The van der Waals surface area contributed by atoms with Crippen molar-refractivity contribution < 1.29 is 9.94 Å². The van der Waals surface area contributed by atoms with Crippen molar-refractivity contribution in [3.63, 3.8) is 0 Å². The van der Waals surface area contributed by atoms with Crippen LogP contribution in [0.25, 0.3) is 0 Å². The predicted molar refractivity (Wildman–Crippen MR) is 85.1 cm³/mol. The Labute approximate surface area is 130 Å². The molecule has 0 fully saturated rings. The van der Waals surface area contributed by atoms with Gasteiger partial charge in [-0.05, 0) is 29.7 Å². The summed E-state index contributed by atoms with van der Waals surface area (Å²) in [7, 11) is 0. The van der Waals surface area contributed by atoms with Crippen LogP contribution >= 0.6 is 0 Å². The van der Waals surface area contributed by atoms with E-state index in [0.29, 0.717) is 12.2 Å². The molecule has 0 radical (unpaired) electrons. The smallest absolute Gasteiger partial charge is 0.187 e. The van der Waals surface area contributed by atoms with Gasteiger partial charge in [0.05, 0.1) is 0 Å². The molecule has 112 valence electrons. The van der Waals surface area contributed by atoms with Gasteiger partial charge in [-0.3, -0.25) is 0 Å². The Bertz CT molecular complexity index is 685. The minimum absolute atomic E-state index is 0.0162. The van der Waals surface area contributed by atoms with Gasteiger partial charge in [-0.25, -0.2) is 0 Å². The van der Waals surface area contributed by atoms with Crippen molar-refractivity contribution in [1.29, 1.82) is 5.26 Å². The monoisotopic (exact) mass is 294 g/mol. The number of oxime groups is 1. The molecule has 0 spiro atoms. The average Bonchev–Trinajstić information content (AvgIpc) is 2.57. The number of aryl methyl sites for hydroxylation is 1. The minimum Gasteiger partial charge on any atom is -0.489 e. The second-order valence-corrected chi connectivity index (χ2v) is 4.90. The van der Waals surface area contributed by atoms with E-state index in [4.69, 9.17) is 15.2 Å². The van der Waals surface area contributed by atoms with Crippen molar-refractivity contribution in [2.45, 2.75) is 26.4 Å². The molecular formula is C18H18N2O2. The van der Waals surface area contributed by atoms with Crippen LogP contribution in [0.3, 0.4) is 0 Å². The van der Waals surface area contributed by atoms with E-state index in [1.165, 1.54) is 5.56 Å². The van der Waals surface area contributed by atoms with Crippen LogP contribution in [0.1, 0.15) is 30.0 Å². The second-order valence-electron chi connectivity index (χ2n) is 4.90. The fraction of sp³-hybridized carbons (Fsp3) is 0.222. The molecule has 0 saturated carbocycles. The van der Waals surface area contributed by atoms with E-state index in [1.54, 1.807) is 12.1 Å². The van der Waals surface area contributed by atoms with Gasteiger partial charge in [-0.2, -0.15) is 5.26 Å². The third-order valence-corrected chi connectivity index (χ3v) is 3.33.